The third-order valence-corrected chi connectivity index (χ3v) is 2.25. The molecule has 0 amide bonds. The van der Waals surface area contributed by atoms with Gasteiger partial charge in [0.05, 0.1) is 0 Å². The van der Waals surface area contributed by atoms with Crippen LogP contribution in [0.1, 0.15) is 42.6 Å². The van der Waals surface area contributed by atoms with Crippen molar-refractivity contribution in [1.82, 2.24) is 0 Å². The molecule has 1 rings (SSSR count). The van der Waals surface area contributed by atoms with Gasteiger partial charge in [-0.2, -0.15) is 4.79 Å². The number of carbonyl (C=O) groups is 1. The van der Waals surface area contributed by atoms with Gasteiger partial charge in [-0.3, -0.25) is 4.79 Å². The van der Waals surface area contributed by atoms with Gasteiger partial charge >= 0.3 is 5.71 Å². The molecule has 1 aromatic carbocycles. The Morgan fingerprint density at radius 1 is 1.41 bits per heavy atom. The molecular weight excluding hydrogens is 212 g/mol. The molecule has 0 aromatic heterocycles. The van der Waals surface area contributed by atoms with Crippen molar-refractivity contribution in [2.24, 2.45) is 0 Å². The summed E-state index contributed by atoms with van der Waals surface area (Å²) in [5.41, 5.74) is 9.82. The van der Waals surface area contributed by atoms with Crippen molar-refractivity contribution in [3.8, 4) is 11.8 Å². The van der Waals surface area contributed by atoms with E-state index in [4.69, 9.17) is 5.53 Å². The third-order valence-electron chi connectivity index (χ3n) is 2.25. The number of benzene rings is 1. The van der Waals surface area contributed by atoms with Crippen molar-refractivity contribution in [3.05, 3.63) is 40.9 Å². The molecule has 0 saturated carbocycles. The van der Waals surface area contributed by atoms with Crippen molar-refractivity contribution in [2.45, 2.75) is 26.7 Å². The molecule has 0 heterocycles. The summed E-state index contributed by atoms with van der Waals surface area (Å²) < 4.78 is 0. The lowest BCUT2D eigenvalue weighted by molar-refractivity contribution is -0.00678. The lowest BCUT2D eigenvalue weighted by atomic mass is 10.0. The quantitative estimate of drug-likeness (QED) is 0.257. The van der Waals surface area contributed by atoms with Gasteiger partial charge in [0.25, 0.3) is 5.78 Å². The lowest BCUT2D eigenvalue weighted by Crippen LogP contribution is -2.12. The molecular formula is C14H14N2O. The van der Waals surface area contributed by atoms with Crippen LogP contribution in [0, 0.1) is 11.8 Å². The Balaban J connectivity index is 3.14. The largest absolute Gasteiger partial charge is 0.361 e. The molecule has 0 spiro atoms. The molecule has 1 aromatic rings. The SMILES string of the molecule is CCCC#Cc1ccccc1C(=O)C(C)=[N+]=[N-]. The molecule has 0 N–H and O–H groups in total. The maximum absolute atomic E-state index is 11.9. The molecule has 17 heavy (non-hydrogen) atoms. The van der Waals surface area contributed by atoms with Crippen LogP contribution in [-0.2, 0) is 0 Å². The Kier molecular flexibility index (Phi) is 4.87. The Bertz CT molecular complexity index is 529. The van der Waals surface area contributed by atoms with Crippen LogP contribution in [0.4, 0.5) is 0 Å². The molecule has 3 heteroatoms. The van der Waals surface area contributed by atoms with Crippen LogP contribution in [0.2, 0.25) is 0 Å². The predicted molar refractivity (Wildman–Crippen MR) is 66.9 cm³/mol. The monoisotopic (exact) mass is 226 g/mol. The first kappa shape index (κ1) is 12.9. The summed E-state index contributed by atoms with van der Waals surface area (Å²) in [5, 5.41) is 0. The van der Waals surface area contributed by atoms with E-state index in [0.29, 0.717) is 11.1 Å². The highest BCUT2D eigenvalue weighted by Gasteiger charge is 2.18. The number of hydrogen-bond donors (Lipinski definition) is 0. The number of rotatable bonds is 3. The minimum Gasteiger partial charge on any atom is -0.361 e. The molecule has 0 fully saturated rings. The average molecular weight is 226 g/mol. The van der Waals surface area contributed by atoms with Crippen LogP contribution >= 0.6 is 0 Å². The van der Waals surface area contributed by atoms with Gasteiger partial charge < -0.3 is 5.53 Å². The zero-order valence-corrected chi connectivity index (χ0v) is 10.0. The maximum atomic E-state index is 11.9. The van der Waals surface area contributed by atoms with Crippen LogP contribution in [-0.4, -0.2) is 16.3 Å². The minimum atomic E-state index is -0.297. The second-order valence-electron chi connectivity index (χ2n) is 3.61. The van der Waals surface area contributed by atoms with Crippen LogP contribution in [0.3, 0.4) is 0 Å². The van der Waals surface area contributed by atoms with Gasteiger partial charge in [0, 0.05) is 24.5 Å². The fourth-order valence-electron chi connectivity index (χ4n) is 1.31. The highest BCUT2D eigenvalue weighted by Crippen LogP contribution is 2.09. The first-order valence-electron chi connectivity index (χ1n) is 5.52. The highest BCUT2D eigenvalue weighted by atomic mass is 16.1. The van der Waals surface area contributed by atoms with Crippen molar-refractivity contribution >= 4 is 11.5 Å². The molecule has 0 saturated heterocycles. The summed E-state index contributed by atoms with van der Waals surface area (Å²) in [4.78, 5) is 14.8. The minimum absolute atomic E-state index is 0.0646. The van der Waals surface area contributed by atoms with Crippen molar-refractivity contribution in [3.63, 3.8) is 0 Å². The van der Waals surface area contributed by atoms with Gasteiger partial charge in [-0.25, -0.2) is 0 Å². The molecule has 3 nitrogen and oxygen atoms in total. The normalized spacial score (nSPS) is 8.82. The summed E-state index contributed by atoms with van der Waals surface area (Å²) in [7, 11) is 0. The van der Waals surface area contributed by atoms with Crippen LogP contribution in [0.15, 0.2) is 24.3 Å². The molecule has 0 aliphatic rings. The number of unbranched alkanes of at least 4 members (excludes halogenated alkanes) is 1. The zero-order chi connectivity index (χ0) is 12.7. The van der Waals surface area contributed by atoms with E-state index in [1.165, 1.54) is 6.92 Å². The van der Waals surface area contributed by atoms with E-state index >= 15 is 0 Å². The topological polar surface area (TPSA) is 53.5 Å². The summed E-state index contributed by atoms with van der Waals surface area (Å²) in [6.07, 6.45) is 1.79. The Hall–Kier alpha value is -2.17. The summed E-state index contributed by atoms with van der Waals surface area (Å²) in [5.74, 6) is 5.67. The smallest absolute Gasteiger partial charge is 0.336 e. The second-order valence-corrected chi connectivity index (χ2v) is 3.61. The maximum Gasteiger partial charge on any atom is 0.336 e. The van der Waals surface area contributed by atoms with Crippen molar-refractivity contribution < 1.29 is 9.58 Å². The van der Waals surface area contributed by atoms with Crippen molar-refractivity contribution in [2.75, 3.05) is 0 Å². The standard InChI is InChI=1S/C14H14N2O/c1-3-4-5-8-12-9-6-7-10-13(12)14(17)11(2)16-15/h6-7,9-10H,3-4H2,1-2H3. The van der Waals surface area contributed by atoms with E-state index in [1.807, 2.05) is 13.0 Å². The number of Topliss-reactive ketones (excluding diaryl/α,β-unsaturated/α-hetero) is 1. The van der Waals surface area contributed by atoms with Gasteiger partial charge in [-0.05, 0) is 18.6 Å². The van der Waals surface area contributed by atoms with E-state index in [1.54, 1.807) is 18.2 Å². The molecule has 0 aliphatic heterocycles. The van der Waals surface area contributed by atoms with Crippen LogP contribution in [0.25, 0.3) is 5.53 Å². The zero-order valence-electron chi connectivity index (χ0n) is 10.0. The summed E-state index contributed by atoms with van der Waals surface area (Å²) in [6.45, 7) is 3.52. The van der Waals surface area contributed by atoms with E-state index in [-0.39, 0.29) is 11.5 Å². The molecule has 0 bridgehead atoms. The molecule has 0 unspecified atom stereocenters. The Morgan fingerprint density at radius 2 is 2.12 bits per heavy atom. The number of carbonyl (C=O) groups excluding carboxylic acids is 1. The Morgan fingerprint density at radius 3 is 2.76 bits per heavy atom. The molecule has 0 aliphatic carbocycles. The van der Waals surface area contributed by atoms with Gasteiger partial charge in [0.2, 0.25) is 0 Å². The first-order valence-corrected chi connectivity index (χ1v) is 5.52. The van der Waals surface area contributed by atoms with Gasteiger partial charge in [-0.15, -0.1) is 0 Å². The number of nitrogens with zero attached hydrogens (tertiary/aromatic N) is 2. The van der Waals surface area contributed by atoms with E-state index in [9.17, 15) is 4.79 Å². The first-order chi connectivity index (χ1) is 8.20. The number of ketones is 1. The van der Waals surface area contributed by atoms with Gasteiger partial charge in [0.1, 0.15) is 0 Å². The van der Waals surface area contributed by atoms with E-state index < -0.39 is 0 Å². The fourth-order valence-corrected chi connectivity index (χ4v) is 1.31. The van der Waals surface area contributed by atoms with Gasteiger partial charge in [-0.1, -0.05) is 30.9 Å². The predicted octanol–water partition coefficient (Wildman–Crippen LogP) is 2.71. The van der Waals surface area contributed by atoms with Crippen molar-refractivity contribution in [1.29, 1.82) is 0 Å². The molecule has 86 valence electrons. The molecule has 0 atom stereocenters. The molecule has 0 radical (unpaired) electrons. The lowest BCUT2D eigenvalue weighted by Gasteiger charge is -1.98. The van der Waals surface area contributed by atoms with Crippen LogP contribution in [0.5, 0.6) is 0 Å². The number of hydrogen-bond acceptors (Lipinski definition) is 1. The highest BCUT2D eigenvalue weighted by molar-refractivity contribution is 6.43. The summed E-state index contributed by atoms with van der Waals surface area (Å²) in [6, 6.07) is 7.08. The summed E-state index contributed by atoms with van der Waals surface area (Å²) >= 11 is 0. The fraction of sp³-hybridized carbons (Fsp3) is 0.286. The third kappa shape index (κ3) is 3.41. The van der Waals surface area contributed by atoms with Gasteiger partial charge in [0.15, 0.2) is 0 Å². The Labute approximate surface area is 101 Å². The van der Waals surface area contributed by atoms with E-state index in [2.05, 4.69) is 16.6 Å². The average Bonchev–Trinajstić information content (AvgIpc) is 2.38. The second kappa shape index (κ2) is 6.42. The van der Waals surface area contributed by atoms with Crippen LogP contribution < -0.4 is 0 Å². The van der Waals surface area contributed by atoms with E-state index in [0.717, 1.165) is 12.8 Å².